The van der Waals surface area contributed by atoms with Gasteiger partial charge in [-0.3, -0.25) is 5.41 Å². The Balaban J connectivity index is 0.00000256. The maximum atomic E-state index is 12.5. The van der Waals surface area contributed by atoms with Gasteiger partial charge >= 0.3 is 6.18 Å². The zero-order valence-corrected chi connectivity index (χ0v) is 9.27. The zero-order chi connectivity index (χ0) is 12.2. The molecule has 0 saturated heterocycles. The van der Waals surface area contributed by atoms with Gasteiger partial charge in [-0.05, 0) is 6.07 Å². The second-order valence-corrected chi connectivity index (χ2v) is 2.87. The van der Waals surface area contributed by atoms with Crippen LogP contribution in [0.3, 0.4) is 0 Å². The van der Waals surface area contributed by atoms with Crippen molar-refractivity contribution in [3.05, 3.63) is 35.4 Å². The smallest absolute Gasteiger partial charge is 0.369 e. The van der Waals surface area contributed by atoms with Gasteiger partial charge in [-0.1, -0.05) is 18.2 Å². The van der Waals surface area contributed by atoms with Crippen LogP contribution >= 0.6 is 12.4 Å². The third-order valence-electron chi connectivity index (χ3n) is 1.65. The van der Waals surface area contributed by atoms with Crippen molar-refractivity contribution in [1.29, 1.82) is 5.41 Å². The Hall–Kier alpha value is -1.76. The molecule has 4 N–H and O–H groups in total. The molecular weight excluding hydrogens is 257 g/mol. The van der Waals surface area contributed by atoms with Crippen molar-refractivity contribution in [3.8, 4) is 0 Å². The van der Waals surface area contributed by atoms with Crippen molar-refractivity contribution in [2.75, 3.05) is 0 Å². The van der Waals surface area contributed by atoms with E-state index in [9.17, 15) is 13.2 Å². The van der Waals surface area contributed by atoms with Crippen molar-refractivity contribution in [2.45, 2.75) is 6.18 Å². The van der Waals surface area contributed by atoms with Gasteiger partial charge in [-0.15, -0.1) is 12.4 Å². The number of hydrogen-bond donors (Lipinski definition) is 3. The first-order valence-corrected chi connectivity index (χ1v) is 4.20. The van der Waals surface area contributed by atoms with E-state index in [0.717, 1.165) is 12.3 Å². The number of rotatable bonds is 2. The van der Waals surface area contributed by atoms with Gasteiger partial charge < -0.3 is 5.73 Å². The summed E-state index contributed by atoms with van der Waals surface area (Å²) in [4.78, 5) is 0. The molecule has 1 aromatic rings. The van der Waals surface area contributed by atoms with Gasteiger partial charge in [0.2, 0.25) is 5.96 Å². The average molecular weight is 267 g/mol. The summed E-state index contributed by atoms with van der Waals surface area (Å²) in [6, 6.07) is 4.98. The minimum absolute atomic E-state index is 0. The molecule has 0 saturated carbocycles. The lowest BCUT2D eigenvalue weighted by Crippen LogP contribution is -2.25. The van der Waals surface area contributed by atoms with Crippen LogP contribution in [0.15, 0.2) is 29.4 Å². The molecule has 0 atom stereocenters. The van der Waals surface area contributed by atoms with E-state index in [4.69, 9.17) is 11.1 Å². The summed E-state index contributed by atoms with van der Waals surface area (Å²) in [6.07, 6.45) is -3.47. The fraction of sp³-hybridized carbons (Fsp3) is 0.111. The van der Waals surface area contributed by atoms with Crippen LogP contribution < -0.4 is 11.2 Å². The van der Waals surface area contributed by atoms with Gasteiger partial charge in [-0.25, -0.2) is 5.43 Å². The van der Waals surface area contributed by atoms with Crippen molar-refractivity contribution in [1.82, 2.24) is 5.43 Å². The van der Waals surface area contributed by atoms with E-state index < -0.39 is 17.7 Å². The summed E-state index contributed by atoms with van der Waals surface area (Å²) in [7, 11) is 0. The molecule has 0 heterocycles. The number of nitrogens with two attached hydrogens (primary N) is 1. The van der Waals surface area contributed by atoms with Crippen LogP contribution in [0, 0.1) is 5.41 Å². The second-order valence-electron chi connectivity index (χ2n) is 2.87. The number of benzene rings is 1. The molecule has 0 radical (unpaired) electrons. The van der Waals surface area contributed by atoms with Gasteiger partial charge in [-0.2, -0.15) is 18.3 Å². The fourth-order valence-corrected chi connectivity index (χ4v) is 1.04. The standard InChI is InChI=1S/C9H9F3N4.ClH/c10-9(11,12)7-4-2-1-3-6(7)5-15-16-8(13)14;/h1-5H,(H4,13,14,16);1H/b15-5+;. The lowest BCUT2D eigenvalue weighted by Gasteiger charge is -2.08. The molecule has 0 aliphatic carbocycles. The first-order chi connectivity index (χ1) is 7.41. The van der Waals surface area contributed by atoms with Crippen LogP contribution in [-0.4, -0.2) is 12.2 Å². The monoisotopic (exact) mass is 266 g/mol. The van der Waals surface area contributed by atoms with Gasteiger partial charge in [0.25, 0.3) is 0 Å². The molecule has 4 nitrogen and oxygen atoms in total. The third-order valence-corrected chi connectivity index (χ3v) is 1.65. The van der Waals surface area contributed by atoms with E-state index in [0.29, 0.717) is 0 Å². The number of nitrogens with one attached hydrogen (secondary N) is 2. The molecule has 0 aromatic heterocycles. The van der Waals surface area contributed by atoms with Gasteiger partial charge in [0.15, 0.2) is 0 Å². The zero-order valence-electron chi connectivity index (χ0n) is 8.45. The van der Waals surface area contributed by atoms with Gasteiger partial charge in [0.1, 0.15) is 0 Å². The van der Waals surface area contributed by atoms with Crippen LogP contribution in [0.25, 0.3) is 0 Å². The largest absolute Gasteiger partial charge is 0.417 e. The number of nitrogens with zero attached hydrogens (tertiary/aromatic N) is 1. The van der Waals surface area contributed by atoms with Gasteiger partial charge in [0, 0.05) is 5.56 Å². The first-order valence-electron chi connectivity index (χ1n) is 4.20. The Morgan fingerprint density at radius 3 is 2.47 bits per heavy atom. The van der Waals surface area contributed by atoms with E-state index in [2.05, 4.69) is 5.10 Å². The molecule has 8 heteroatoms. The molecule has 0 unspecified atom stereocenters. The molecule has 94 valence electrons. The van der Waals surface area contributed by atoms with E-state index in [-0.39, 0.29) is 18.0 Å². The second kappa shape index (κ2) is 6.09. The normalized spacial score (nSPS) is 11.0. The molecule has 0 fully saturated rings. The summed E-state index contributed by atoms with van der Waals surface area (Å²) >= 11 is 0. The molecular formula is C9H10ClF3N4. The maximum Gasteiger partial charge on any atom is 0.417 e. The molecule has 0 amide bonds. The highest BCUT2D eigenvalue weighted by atomic mass is 35.5. The van der Waals surface area contributed by atoms with Crippen LogP contribution in [0.1, 0.15) is 11.1 Å². The Kier molecular flexibility index (Phi) is 5.46. The summed E-state index contributed by atoms with van der Waals surface area (Å²) in [5, 5.41) is 10.2. The number of hydrazone groups is 1. The number of guanidine groups is 1. The highest BCUT2D eigenvalue weighted by molar-refractivity contribution is 5.85. The summed E-state index contributed by atoms with van der Waals surface area (Å²) in [5.41, 5.74) is 6.07. The third kappa shape index (κ3) is 4.73. The summed E-state index contributed by atoms with van der Waals surface area (Å²) < 4.78 is 37.5. The molecule has 0 aliphatic heterocycles. The van der Waals surface area contributed by atoms with Gasteiger partial charge in [0.05, 0.1) is 11.8 Å². The topological polar surface area (TPSA) is 74.3 Å². The molecule has 1 rings (SSSR count). The van der Waals surface area contributed by atoms with Crippen LogP contribution in [0.2, 0.25) is 0 Å². The lowest BCUT2D eigenvalue weighted by molar-refractivity contribution is -0.137. The number of alkyl halides is 3. The van der Waals surface area contributed by atoms with E-state index in [1.54, 1.807) is 0 Å². The van der Waals surface area contributed by atoms with E-state index in [1.807, 2.05) is 5.43 Å². The Labute approximate surface area is 102 Å². The van der Waals surface area contributed by atoms with Crippen molar-refractivity contribution < 1.29 is 13.2 Å². The Morgan fingerprint density at radius 1 is 1.35 bits per heavy atom. The van der Waals surface area contributed by atoms with Crippen molar-refractivity contribution >= 4 is 24.6 Å². The minimum Gasteiger partial charge on any atom is -0.369 e. The summed E-state index contributed by atoms with van der Waals surface area (Å²) in [5.74, 6) is -0.444. The first kappa shape index (κ1) is 15.2. The van der Waals surface area contributed by atoms with Crippen molar-refractivity contribution in [3.63, 3.8) is 0 Å². The number of halogens is 4. The highest BCUT2D eigenvalue weighted by Gasteiger charge is 2.32. The predicted octanol–water partition coefficient (Wildman–Crippen LogP) is 1.94. The van der Waals surface area contributed by atoms with Crippen molar-refractivity contribution in [2.24, 2.45) is 10.8 Å². The quantitative estimate of drug-likeness (QED) is 0.435. The average Bonchev–Trinajstić information content (AvgIpc) is 2.16. The minimum atomic E-state index is -4.43. The molecule has 17 heavy (non-hydrogen) atoms. The Morgan fingerprint density at radius 2 is 1.94 bits per heavy atom. The number of hydrogen-bond acceptors (Lipinski definition) is 2. The fourth-order valence-electron chi connectivity index (χ4n) is 1.04. The maximum absolute atomic E-state index is 12.5. The molecule has 0 bridgehead atoms. The molecule has 0 spiro atoms. The van der Waals surface area contributed by atoms with Crippen LogP contribution in [0.4, 0.5) is 13.2 Å². The molecule has 0 aliphatic rings. The predicted molar refractivity (Wildman–Crippen MR) is 61.3 cm³/mol. The SMILES string of the molecule is Cl.N=C(N)N/N=C/c1ccccc1C(F)(F)F. The highest BCUT2D eigenvalue weighted by Crippen LogP contribution is 2.30. The van der Waals surface area contributed by atoms with E-state index in [1.165, 1.54) is 18.2 Å². The summed E-state index contributed by atoms with van der Waals surface area (Å²) in [6.45, 7) is 0. The Bertz CT molecular complexity index is 417. The van der Waals surface area contributed by atoms with E-state index >= 15 is 0 Å². The molecule has 1 aromatic carbocycles. The van der Waals surface area contributed by atoms with Crippen LogP contribution in [-0.2, 0) is 6.18 Å². The lowest BCUT2D eigenvalue weighted by atomic mass is 10.1. The van der Waals surface area contributed by atoms with Crippen LogP contribution in [0.5, 0.6) is 0 Å².